The molecule has 8 aliphatic rings. The molecular formula is C74H92ClN11O25. The zero-order chi connectivity index (χ0) is 80.7. The number of primary amides is 1. The number of likely N-dealkylation sites (N-methyl/N-ethyl adjacent to an activating group) is 2. The summed E-state index contributed by atoms with van der Waals surface area (Å²) < 4.78 is 51.9. The summed E-state index contributed by atoms with van der Waals surface area (Å²) in [5.41, 5.74) is 14.2. The molecule has 8 aliphatic heterocycles. The monoisotopic (exact) mass is 1570 g/mol. The standard InChI is InChI=1S/C74H92ClN11O25/c1-28(2)17-40(79-7)65(97)85-55-57(92)33-12-16-44(39(75)19-33)107-46-21-34-20-45(61(46)111-72-62(59(94)58(93)47(27-87)108-72)110-50-26-74(6,78)64(96)30(4)105-50)106-36-13-9-31(10-14-36)60(109-49-25-73(5,77)63(95)29(3)104-49)56-71(103)84-54(67(99)80-8)38-22-35(88)23-43(90)51(38)37-18-32(11-15-42(37)89)52(68(100)86-56)83-69(101)53(34)82-66(98)41(24-48(76)91)81-70(55)102/h9-16,18-23,28-30,40-41,47,49-50,52-60,62-64,72,79,87-90,92-96H,17,24-27,77-78H2,1-8H3,(H2,76,91)(H,80,99)(H,81,102)(H,82,98)(H,83,101)(H,84,103)(H,85,97)(H,86,100)/t29-,30-,40+,41-,47+,49-,50-,52+,53+,54-,55+,56-,57+,58+,59-,60+,62+,63-,64-,72-,73-,74-/m0/s1. The maximum absolute atomic E-state index is 16.4. The van der Waals surface area contributed by atoms with E-state index in [1.807, 2.05) is 13.8 Å². The lowest BCUT2D eigenvalue weighted by Crippen LogP contribution is -2.64. The molecule has 5 aromatic rings. The molecular weight excluding hydrogens is 1480 g/mol. The summed E-state index contributed by atoms with van der Waals surface area (Å²) in [7, 11) is 2.69. The molecule has 5 aromatic carbocycles. The van der Waals surface area contributed by atoms with Crippen LogP contribution in [0.1, 0.15) is 125 Å². The summed E-state index contributed by atoms with van der Waals surface area (Å²) in [6.07, 6.45) is -22.1. The number of aliphatic hydroxyl groups excluding tert-OH is 6. The average Bonchev–Trinajstić information content (AvgIpc) is 0.755. The minimum Gasteiger partial charge on any atom is -0.508 e. The Labute approximate surface area is 640 Å². The van der Waals surface area contributed by atoms with Crippen molar-refractivity contribution in [2.24, 2.45) is 23.1 Å². The Morgan fingerprint density at radius 1 is 0.667 bits per heavy atom. The van der Waals surface area contributed by atoms with Crippen molar-refractivity contribution in [2.75, 3.05) is 20.7 Å². The zero-order valence-electron chi connectivity index (χ0n) is 61.4. The van der Waals surface area contributed by atoms with E-state index in [1.54, 1.807) is 0 Å². The van der Waals surface area contributed by atoms with Gasteiger partial charge in [0.05, 0.1) is 48.5 Å². The number of hydrogen-bond acceptors (Lipinski definition) is 28. The Balaban J connectivity index is 1.18. The van der Waals surface area contributed by atoms with E-state index in [-0.39, 0.29) is 69.5 Å². The molecule has 0 saturated carbocycles. The Hall–Kier alpha value is -9.61. The molecule has 8 amide bonds. The SMILES string of the molecule is CNC(=O)[C@H]1NC(=O)[C@H]2NC(=O)[C@H](NC(=O)[C@@H]3NC(=O)[C@H](CC(N)=O)NC(=O)[C@H](NC(=O)[C@@H](CC(C)C)NC)[C@H](O)c4ccc(c(Cl)c4)Oc4cc3cc(c4O[C@@H]3O[C@H](CO)[C@@H](O)[C@H](O)[C@H]3O[C@H]3C[C@](C)(N)[C@@H](O)[C@H](C)O3)Oc3ccc(cc3)[C@H]2O[C@H]2C[C@](C)(N)[C@@H](O)[C@H](C)O2)c2ccc(O)c(c2)-c2c(O)cc(O)cc21. The molecule has 0 aromatic heterocycles. The highest BCUT2D eigenvalue weighted by Gasteiger charge is 2.52. The molecule has 8 heterocycles. The first-order valence-corrected chi connectivity index (χ1v) is 36.1. The maximum Gasteiger partial charge on any atom is 0.248 e. The summed E-state index contributed by atoms with van der Waals surface area (Å²) >= 11 is 7.15. The van der Waals surface area contributed by atoms with E-state index in [0.29, 0.717) is 0 Å². The third-order valence-corrected chi connectivity index (χ3v) is 20.6. The minimum absolute atomic E-state index is 0.00861. The van der Waals surface area contributed by atoms with Gasteiger partial charge in [0.2, 0.25) is 59.3 Å². The molecule has 3 fully saturated rings. The van der Waals surface area contributed by atoms with E-state index in [4.69, 9.17) is 66.7 Å². The number of aliphatic hydroxyl groups is 6. The van der Waals surface area contributed by atoms with Gasteiger partial charge < -0.3 is 144 Å². The molecule has 36 nitrogen and oxygen atoms in total. The lowest BCUT2D eigenvalue weighted by molar-refractivity contribution is -0.333. The average molecular weight is 1570 g/mol. The molecule has 111 heavy (non-hydrogen) atoms. The number of amides is 8. The first-order valence-electron chi connectivity index (χ1n) is 35.7. The lowest BCUT2D eigenvalue weighted by Gasteiger charge is -2.47. The van der Waals surface area contributed by atoms with E-state index in [9.17, 15) is 65.1 Å². The van der Waals surface area contributed by atoms with Crippen LogP contribution >= 0.6 is 11.6 Å². The number of aromatic hydroxyl groups is 3. The first kappa shape index (κ1) is 82.4. The summed E-state index contributed by atoms with van der Waals surface area (Å²) in [5, 5.41) is 124. The van der Waals surface area contributed by atoms with Gasteiger partial charge in [-0.3, -0.25) is 38.4 Å². The van der Waals surface area contributed by atoms with Crippen molar-refractivity contribution in [3.63, 3.8) is 0 Å². The van der Waals surface area contributed by atoms with Gasteiger partial charge in [-0.25, -0.2) is 0 Å². The number of ether oxygens (including phenoxy) is 8. The number of rotatable bonds is 15. The van der Waals surface area contributed by atoms with Crippen LogP contribution in [0.4, 0.5) is 0 Å². The molecule has 0 aliphatic carbocycles. The molecule has 0 spiro atoms. The van der Waals surface area contributed by atoms with Gasteiger partial charge in [-0.1, -0.05) is 49.7 Å². The Morgan fingerprint density at radius 3 is 1.87 bits per heavy atom. The van der Waals surface area contributed by atoms with E-state index in [1.165, 1.54) is 78.2 Å². The number of benzene rings is 5. The topological polar surface area (TPSA) is 567 Å². The van der Waals surface area contributed by atoms with E-state index >= 15 is 19.2 Å². The van der Waals surface area contributed by atoms with E-state index in [2.05, 4.69) is 42.5 Å². The fourth-order valence-corrected chi connectivity index (χ4v) is 14.6. The van der Waals surface area contributed by atoms with Crippen molar-refractivity contribution in [3.05, 3.63) is 118 Å². The third kappa shape index (κ3) is 17.7. The lowest BCUT2D eigenvalue weighted by atomic mass is 9.86. The fraction of sp³-hybridized carbons (Fsp3) is 0.486. The first-order chi connectivity index (χ1) is 52.4. The molecule has 3 saturated heterocycles. The van der Waals surface area contributed by atoms with Gasteiger partial charge in [0.1, 0.15) is 95.5 Å². The summed E-state index contributed by atoms with van der Waals surface area (Å²) in [6, 6.07) is 2.63. The Bertz CT molecular complexity index is 4370. The van der Waals surface area contributed by atoms with Crippen molar-refractivity contribution < 1.29 is 122 Å². The summed E-state index contributed by atoms with van der Waals surface area (Å²) in [4.78, 5) is 121. The Morgan fingerprint density at radius 2 is 1.27 bits per heavy atom. The summed E-state index contributed by atoms with van der Waals surface area (Å²) in [5.74, 6) is -14.1. The van der Waals surface area contributed by atoms with Gasteiger partial charge in [0, 0.05) is 48.2 Å². The second kappa shape index (κ2) is 33.4. The highest BCUT2D eigenvalue weighted by molar-refractivity contribution is 6.32. The molecule has 23 N–H and O–H groups in total. The van der Waals surface area contributed by atoms with E-state index < -0.39 is 239 Å². The van der Waals surface area contributed by atoms with Crippen LogP contribution in [-0.4, -0.2) is 217 Å². The highest BCUT2D eigenvalue weighted by Crippen LogP contribution is 2.50. The van der Waals surface area contributed by atoms with Crippen molar-refractivity contribution in [3.8, 4) is 57.1 Å². The van der Waals surface area contributed by atoms with Gasteiger partial charge in [0.25, 0.3) is 0 Å². The third-order valence-electron chi connectivity index (χ3n) is 20.3. The number of phenolic OH excluding ortho intramolecular Hbond substituents is 3. The molecule has 37 heteroatoms. The van der Waals surface area contributed by atoms with Gasteiger partial charge in [-0.2, -0.15) is 0 Å². The second-order valence-corrected chi connectivity index (χ2v) is 29.8. The number of carbonyl (C=O) groups is 8. The number of hydrogen-bond donors (Lipinski definition) is 20. The van der Waals surface area contributed by atoms with Crippen molar-refractivity contribution >= 4 is 58.9 Å². The molecule has 11 bridgehead atoms. The Kier molecular flexibility index (Phi) is 24.8. The van der Waals surface area contributed by atoms with E-state index in [0.717, 1.165) is 48.5 Å². The van der Waals surface area contributed by atoms with Crippen LogP contribution in [0.3, 0.4) is 0 Å². The quantitative estimate of drug-likeness (QED) is 0.0619. The number of fused-ring (bicyclic) bond motifs is 15. The molecule has 22 atom stereocenters. The van der Waals surface area contributed by atoms with Crippen molar-refractivity contribution in [1.82, 2.24) is 42.5 Å². The van der Waals surface area contributed by atoms with Crippen molar-refractivity contribution in [2.45, 2.75) is 201 Å². The largest absolute Gasteiger partial charge is 0.508 e. The fourth-order valence-electron chi connectivity index (χ4n) is 14.4. The van der Waals surface area contributed by atoms with Crippen LogP contribution in [0, 0.1) is 5.92 Å². The van der Waals surface area contributed by atoms with Gasteiger partial charge in [-0.05, 0) is 129 Å². The predicted octanol–water partition coefficient (Wildman–Crippen LogP) is -0.648. The molecule has 13 rings (SSSR count). The number of carbonyl (C=O) groups excluding carboxylic acids is 8. The van der Waals surface area contributed by atoms with Crippen LogP contribution in [0.5, 0.6) is 46.0 Å². The molecule has 0 unspecified atom stereocenters. The van der Waals surface area contributed by atoms with Crippen molar-refractivity contribution in [1.29, 1.82) is 0 Å². The smallest absolute Gasteiger partial charge is 0.248 e. The second-order valence-electron chi connectivity index (χ2n) is 29.4. The summed E-state index contributed by atoms with van der Waals surface area (Å²) in [6.45, 7) is 8.74. The van der Waals surface area contributed by atoms with Gasteiger partial charge in [0.15, 0.2) is 30.2 Å². The normalized spacial score (nSPS) is 32.0. The van der Waals surface area contributed by atoms with Crippen LogP contribution in [0.25, 0.3) is 11.1 Å². The molecule has 0 radical (unpaired) electrons. The van der Waals surface area contributed by atoms with Crippen LogP contribution in [-0.2, 0) is 62.0 Å². The number of nitrogens with two attached hydrogens (primary N) is 3. The van der Waals surface area contributed by atoms with Crippen LogP contribution in [0.15, 0.2) is 84.9 Å². The van der Waals surface area contributed by atoms with Crippen LogP contribution < -0.4 is 73.9 Å². The van der Waals surface area contributed by atoms with Gasteiger partial charge >= 0.3 is 0 Å². The number of nitrogens with one attached hydrogen (secondary N) is 8. The van der Waals surface area contributed by atoms with Gasteiger partial charge in [-0.15, -0.1) is 0 Å². The zero-order valence-corrected chi connectivity index (χ0v) is 62.2. The molecule has 600 valence electrons. The highest BCUT2D eigenvalue weighted by atomic mass is 35.5. The number of phenols is 3. The van der Waals surface area contributed by atoms with Crippen LogP contribution in [0.2, 0.25) is 5.02 Å². The number of halogens is 1. The predicted molar refractivity (Wildman–Crippen MR) is 387 cm³/mol. The minimum atomic E-state index is -2.32. The maximum atomic E-state index is 16.4.